The van der Waals surface area contributed by atoms with E-state index in [-0.39, 0.29) is 6.04 Å². The highest BCUT2D eigenvalue weighted by Crippen LogP contribution is 2.32. The van der Waals surface area contributed by atoms with Crippen molar-refractivity contribution >= 4 is 0 Å². The molecule has 36 heavy (non-hydrogen) atoms. The molecule has 2 heterocycles. The van der Waals surface area contributed by atoms with Crippen LogP contribution in [0.5, 0.6) is 0 Å². The highest BCUT2D eigenvalue weighted by atomic mass is 16.7. The van der Waals surface area contributed by atoms with E-state index in [0.29, 0.717) is 37.7 Å². The summed E-state index contributed by atoms with van der Waals surface area (Å²) in [6.07, 6.45) is 2.25. The molecule has 0 bridgehead atoms. The number of aromatic amines is 1. The second-order valence-electron chi connectivity index (χ2n) is 8.91. The standard InChI is InChI=1S/C27H35N7O2/c1-6-17-27(35-7-2,36-8-3)26-28-24(34(31-26)19(4)5)18-20-13-15-21(16-14-20)22-11-9-10-12-23(22)25-29-32-33-30-25/h9-16,19H,6-8,17-18H2,1-5H3,(H,29,30,32,33). The van der Waals surface area contributed by atoms with Crippen molar-refractivity contribution in [1.29, 1.82) is 0 Å². The van der Waals surface area contributed by atoms with Crippen molar-refractivity contribution in [3.05, 3.63) is 65.7 Å². The largest absolute Gasteiger partial charge is 0.344 e. The van der Waals surface area contributed by atoms with E-state index in [1.807, 2.05) is 36.7 Å². The summed E-state index contributed by atoms with van der Waals surface area (Å²) in [7, 11) is 0. The normalized spacial score (nSPS) is 11.9. The maximum absolute atomic E-state index is 6.12. The molecule has 4 aromatic rings. The van der Waals surface area contributed by atoms with Crippen molar-refractivity contribution in [2.45, 2.75) is 65.7 Å². The van der Waals surface area contributed by atoms with Gasteiger partial charge in [0, 0.05) is 37.7 Å². The van der Waals surface area contributed by atoms with Crippen LogP contribution in [0, 0.1) is 0 Å². The molecule has 1 N–H and O–H groups in total. The lowest BCUT2D eigenvalue weighted by atomic mass is 9.98. The maximum Gasteiger partial charge on any atom is 0.232 e. The van der Waals surface area contributed by atoms with Gasteiger partial charge in [0.2, 0.25) is 17.4 Å². The average molecular weight is 490 g/mol. The fourth-order valence-electron chi connectivity index (χ4n) is 4.46. The predicted molar refractivity (Wildman–Crippen MR) is 138 cm³/mol. The van der Waals surface area contributed by atoms with Gasteiger partial charge in [-0.15, -0.1) is 15.3 Å². The number of ether oxygens (including phenoxy) is 2. The van der Waals surface area contributed by atoms with Gasteiger partial charge in [0.05, 0.1) is 0 Å². The van der Waals surface area contributed by atoms with Gasteiger partial charge in [0.1, 0.15) is 5.82 Å². The molecule has 0 saturated carbocycles. The second-order valence-corrected chi connectivity index (χ2v) is 8.91. The smallest absolute Gasteiger partial charge is 0.232 e. The summed E-state index contributed by atoms with van der Waals surface area (Å²) < 4.78 is 14.2. The van der Waals surface area contributed by atoms with Gasteiger partial charge in [-0.2, -0.15) is 5.21 Å². The minimum Gasteiger partial charge on any atom is -0.344 e. The molecule has 0 atom stereocenters. The van der Waals surface area contributed by atoms with E-state index in [1.165, 1.54) is 0 Å². The van der Waals surface area contributed by atoms with Crippen LogP contribution in [0.3, 0.4) is 0 Å². The Morgan fingerprint density at radius 1 is 0.944 bits per heavy atom. The molecule has 9 heteroatoms. The first kappa shape index (κ1) is 25.7. The van der Waals surface area contributed by atoms with Crippen LogP contribution in [-0.2, 0) is 21.7 Å². The number of nitrogens with one attached hydrogen (secondary N) is 1. The molecule has 4 rings (SSSR count). The fourth-order valence-corrected chi connectivity index (χ4v) is 4.46. The number of tetrazole rings is 1. The van der Waals surface area contributed by atoms with Gasteiger partial charge in [-0.3, -0.25) is 0 Å². The molecular weight excluding hydrogens is 454 g/mol. The van der Waals surface area contributed by atoms with E-state index >= 15 is 0 Å². The summed E-state index contributed by atoms with van der Waals surface area (Å²) in [5, 5.41) is 19.4. The summed E-state index contributed by atoms with van der Waals surface area (Å²) >= 11 is 0. The van der Waals surface area contributed by atoms with Gasteiger partial charge in [0.25, 0.3) is 0 Å². The molecule has 190 valence electrons. The third-order valence-corrected chi connectivity index (χ3v) is 6.01. The number of aromatic nitrogens is 7. The van der Waals surface area contributed by atoms with Crippen molar-refractivity contribution in [3.8, 4) is 22.5 Å². The number of benzene rings is 2. The minimum absolute atomic E-state index is 0.157. The Morgan fingerprint density at radius 2 is 1.64 bits per heavy atom. The Hall–Kier alpha value is -3.43. The third-order valence-electron chi connectivity index (χ3n) is 6.01. The predicted octanol–water partition coefficient (Wildman–Crippen LogP) is 5.32. The van der Waals surface area contributed by atoms with Crippen LogP contribution < -0.4 is 0 Å². The zero-order valence-electron chi connectivity index (χ0n) is 21.7. The number of rotatable bonds is 12. The van der Waals surface area contributed by atoms with Gasteiger partial charge < -0.3 is 9.47 Å². The first-order valence-electron chi connectivity index (χ1n) is 12.7. The Balaban J connectivity index is 1.64. The van der Waals surface area contributed by atoms with E-state index in [2.05, 4.69) is 71.7 Å². The summed E-state index contributed by atoms with van der Waals surface area (Å²) in [5.74, 6) is 1.14. The molecule has 2 aromatic heterocycles. The quantitative estimate of drug-likeness (QED) is 0.269. The lowest BCUT2D eigenvalue weighted by molar-refractivity contribution is -0.251. The highest BCUT2D eigenvalue weighted by molar-refractivity contribution is 5.80. The lowest BCUT2D eigenvalue weighted by Gasteiger charge is -2.30. The van der Waals surface area contributed by atoms with Crippen LogP contribution in [0.15, 0.2) is 48.5 Å². The van der Waals surface area contributed by atoms with Crippen molar-refractivity contribution in [2.24, 2.45) is 0 Å². The van der Waals surface area contributed by atoms with E-state index < -0.39 is 5.79 Å². The van der Waals surface area contributed by atoms with Crippen molar-refractivity contribution in [2.75, 3.05) is 13.2 Å². The first-order valence-corrected chi connectivity index (χ1v) is 12.7. The highest BCUT2D eigenvalue weighted by Gasteiger charge is 2.38. The number of H-pyrrole nitrogens is 1. The summed E-state index contributed by atoms with van der Waals surface area (Å²) in [5.41, 5.74) is 4.21. The second kappa shape index (κ2) is 11.5. The van der Waals surface area contributed by atoms with E-state index in [9.17, 15) is 0 Å². The summed E-state index contributed by atoms with van der Waals surface area (Å²) in [6, 6.07) is 16.7. The molecule has 0 spiro atoms. The lowest BCUT2D eigenvalue weighted by Crippen LogP contribution is -2.35. The van der Waals surface area contributed by atoms with E-state index in [4.69, 9.17) is 19.6 Å². The van der Waals surface area contributed by atoms with Gasteiger partial charge in [-0.25, -0.2) is 9.67 Å². The molecule has 2 aromatic carbocycles. The number of hydrogen-bond acceptors (Lipinski definition) is 7. The molecule has 0 saturated heterocycles. The minimum atomic E-state index is -0.921. The van der Waals surface area contributed by atoms with Crippen LogP contribution in [0.1, 0.15) is 70.7 Å². The van der Waals surface area contributed by atoms with Crippen molar-refractivity contribution < 1.29 is 9.47 Å². The molecule has 0 unspecified atom stereocenters. The van der Waals surface area contributed by atoms with E-state index in [1.54, 1.807) is 0 Å². The van der Waals surface area contributed by atoms with E-state index in [0.717, 1.165) is 34.5 Å². The molecule has 0 aliphatic carbocycles. The molecule has 0 aliphatic rings. The molecule has 0 amide bonds. The summed E-state index contributed by atoms with van der Waals surface area (Å²) in [6.45, 7) is 11.3. The molecular formula is C27H35N7O2. The zero-order valence-corrected chi connectivity index (χ0v) is 21.7. The van der Waals surface area contributed by atoms with Gasteiger partial charge in [0.15, 0.2) is 0 Å². The Kier molecular flexibility index (Phi) is 8.22. The molecule has 0 aliphatic heterocycles. The van der Waals surface area contributed by atoms with Gasteiger partial charge in [-0.05, 0) is 49.6 Å². The number of nitrogens with zero attached hydrogens (tertiary/aromatic N) is 6. The van der Waals surface area contributed by atoms with Crippen molar-refractivity contribution in [3.63, 3.8) is 0 Å². The number of hydrogen-bond donors (Lipinski definition) is 1. The van der Waals surface area contributed by atoms with Crippen LogP contribution in [0.25, 0.3) is 22.5 Å². The maximum atomic E-state index is 6.12. The Labute approximate surface area is 212 Å². The zero-order chi connectivity index (χ0) is 25.5. The Bertz CT molecular complexity index is 1220. The third kappa shape index (κ3) is 5.37. The summed E-state index contributed by atoms with van der Waals surface area (Å²) in [4.78, 5) is 4.96. The van der Waals surface area contributed by atoms with Crippen LogP contribution in [0.2, 0.25) is 0 Å². The molecule has 9 nitrogen and oxygen atoms in total. The van der Waals surface area contributed by atoms with Crippen LogP contribution in [0.4, 0.5) is 0 Å². The Morgan fingerprint density at radius 3 is 2.22 bits per heavy atom. The monoisotopic (exact) mass is 489 g/mol. The molecule has 0 fully saturated rings. The molecule has 0 radical (unpaired) electrons. The SMILES string of the molecule is CCCC(OCC)(OCC)c1nc(Cc2ccc(-c3ccccc3-c3nn[nH]n3)cc2)n(C(C)C)n1. The van der Waals surface area contributed by atoms with Gasteiger partial charge >= 0.3 is 0 Å². The first-order chi connectivity index (χ1) is 17.5. The average Bonchev–Trinajstić information content (AvgIpc) is 3.56. The van der Waals surface area contributed by atoms with Crippen LogP contribution in [-0.4, -0.2) is 48.6 Å². The fraction of sp³-hybridized carbons (Fsp3) is 0.444. The van der Waals surface area contributed by atoms with Crippen molar-refractivity contribution in [1.82, 2.24) is 35.4 Å². The topological polar surface area (TPSA) is 104 Å². The van der Waals surface area contributed by atoms with Crippen LogP contribution >= 0.6 is 0 Å². The van der Waals surface area contributed by atoms with Gasteiger partial charge in [-0.1, -0.05) is 61.9 Å².